The van der Waals surface area contributed by atoms with Crippen LogP contribution >= 0.6 is 0 Å². The highest BCUT2D eigenvalue weighted by molar-refractivity contribution is 6.61. The molecule has 0 fully saturated rings. The predicted octanol–water partition coefficient (Wildman–Crippen LogP) is -1.24. The average molecular weight is 267 g/mol. The molecule has 0 radical (unpaired) electrons. The Kier molecular flexibility index (Phi) is 4.03. The zero-order valence-corrected chi connectivity index (χ0v) is 10.5. The van der Waals surface area contributed by atoms with Gasteiger partial charge in [0.15, 0.2) is 0 Å². The summed E-state index contributed by atoms with van der Waals surface area (Å²) in [6, 6.07) is 2.37. The third-order valence-electron chi connectivity index (χ3n) is 2.99. The summed E-state index contributed by atoms with van der Waals surface area (Å²) in [4.78, 5) is 14.2. The van der Waals surface area contributed by atoms with Crippen LogP contribution in [-0.4, -0.2) is 40.3 Å². The Morgan fingerprint density at radius 1 is 1.47 bits per heavy atom. The summed E-state index contributed by atoms with van der Waals surface area (Å²) >= 11 is 0. The van der Waals surface area contributed by atoms with Gasteiger partial charge in [-0.15, -0.1) is 0 Å². The number of H-pyrrole nitrogens is 1. The topological polar surface area (TPSA) is 90.3 Å². The Bertz CT molecular complexity index is 638. The van der Waals surface area contributed by atoms with Gasteiger partial charge in [-0.05, 0) is 26.1 Å². The van der Waals surface area contributed by atoms with Gasteiger partial charge in [0, 0.05) is 12.0 Å². The molecule has 19 heavy (non-hydrogen) atoms. The van der Waals surface area contributed by atoms with Gasteiger partial charge in [0.05, 0.1) is 5.52 Å². The van der Waals surface area contributed by atoms with Crippen LogP contribution in [0.5, 0.6) is 0 Å². The lowest BCUT2D eigenvalue weighted by Gasteiger charge is -2.07. The Balaban J connectivity index is 2.58. The maximum absolute atomic E-state index is 13.7. The van der Waals surface area contributed by atoms with Crippen molar-refractivity contribution in [1.29, 1.82) is 0 Å². The van der Waals surface area contributed by atoms with Crippen molar-refractivity contribution in [3.05, 3.63) is 28.4 Å². The van der Waals surface area contributed by atoms with Gasteiger partial charge in [0.25, 0.3) is 0 Å². The lowest BCUT2D eigenvalue weighted by atomic mass is 9.79. The van der Waals surface area contributed by atoms with E-state index in [1.165, 1.54) is 10.6 Å². The number of hydrogen-bond donors (Lipinski definition) is 4. The van der Waals surface area contributed by atoms with Crippen LogP contribution in [0.25, 0.3) is 11.0 Å². The smallest absolute Gasteiger partial charge is 0.423 e. The average Bonchev–Trinajstić information content (AvgIpc) is 2.68. The predicted molar refractivity (Wildman–Crippen MR) is 70.9 cm³/mol. The fourth-order valence-corrected chi connectivity index (χ4v) is 2.10. The molecule has 2 aromatic rings. The Morgan fingerprint density at radius 3 is 2.84 bits per heavy atom. The van der Waals surface area contributed by atoms with E-state index in [2.05, 4.69) is 10.3 Å². The maximum atomic E-state index is 13.7. The van der Waals surface area contributed by atoms with Crippen LogP contribution < -0.4 is 16.5 Å². The number of hydrogen-bond acceptors (Lipinski definition) is 4. The van der Waals surface area contributed by atoms with Gasteiger partial charge in [-0.2, -0.15) is 0 Å². The minimum Gasteiger partial charge on any atom is -0.423 e. The zero-order chi connectivity index (χ0) is 14.0. The quantitative estimate of drug-likeness (QED) is 0.403. The van der Waals surface area contributed by atoms with Crippen molar-refractivity contribution in [3.63, 3.8) is 0 Å². The van der Waals surface area contributed by atoms with Gasteiger partial charge in [0.2, 0.25) is 0 Å². The van der Waals surface area contributed by atoms with Crippen LogP contribution in [0.4, 0.5) is 4.39 Å². The van der Waals surface area contributed by atoms with Gasteiger partial charge < -0.3 is 20.3 Å². The van der Waals surface area contributed by atoms with Crippen molar-refractivity contribution < 1.29 is 14.4 Å². The van der Waals surface area contributed by atoms with E-state index < -0.39 is 18.6 Å². The van der Waals surface area contributed by atoms with Gasteiger partial charge in [-0.25, -0.2) is 9.18 Å². The monoisotopic (exact) mass is 267 g/mol. The second-order valence-electron chi connectivity index (χ2n) is 4.27. The summed E-state index contributed by atoms with van der Waals surface area (Å²) in [7, 11) is 0.0365. The van der Waals surface area contributed by atoms with Crippen molar-refractivity contribution in [1.82, 2.24) is 14.9 Å². The summed E-state index contributed by atoms with van der Waals surface area (Å²) in [5.41, 5.74) is -0.145. The van der Waals surface area contributed by atoms with Gasteiger partial charge in [-0.3, -0.25) is 4.57 Å². The number of halogens is 1. The first-order valence-electron chi connectivity index (χ1n) is 5.98. The van der Waals surface area contributed by atoms with Crippen LogP contribution in [0, 0.1) is 5.82 Å². The van der Waals surface area contributed by atoms with E-state index in [1.807, 2.05) is 0 Å². The van der Waals surface area contributed by atoms with Crippen LogP contribution in [-0.2, 0) is 6.54 Å². The molecular weight excluding hydrogens is 252 g/mol. The fourth-order valence-electron chi connectivity index (χ4n) is 2.10. The van der Waals surface area contributed by atoms with E-state index in [0.717, 1.165) is 6.07 Å². The fraction of sp³-hybridized carbons (Fsp3) is 0.364. The number of nitrogens with one attached hydrogen (secondary N) is 2. The molecule has 0 saturated heterocycles. The number of rotatable bonds is 5. The molecule has 6 nitrogen and oxygen atoms in total. The Morgan fingerprint density at radius 2 is 2.21 bits per heavy atom. The third kappa shape index (κ3) is 2.55. The molecule has 0 unspecified atom stereocenters. The largest absolute Gasteiger partial charge is 0.490 e. The molecule has 1 heterocycles. The van der Waals surface area contributed by atoms with E-state index in [4.69, 9.17) is 0 Å². The SMILES string of the molecule is CNCCCn1c(=O)[nH]c2c(F)ccc(B(O)O)c21. The van der Waals surface area contributed by atoms with E-state index in [0.29, 0.717) is 19.5 Å². The Labute approximate surface area is 109 Å². The molecule has 0 saturated carbocycles. The van der Waals surface area contributed by atoms with Gasteiger partial charge in [-0.1, -0.05) is 6.07 Å². The lowest BCUT2D eigenvalue weighted by molar-refractivity contribution is 0.426. The Hall–Kier alpha value is -1.64. The van der Waals surface area contributed by atoms with Crippen molar-refractivity contribution >= 4 is 23.6 Å². The van der Waals surface area contributed by atoms with Crippen LogP contribution in [0.2, 0.25) is 0 Å². The molecule has 0 atom stereocenters. The summed E-state index contributed by atoms with van der Waals surface area (Å²) in [6.07, 6.45) is 0.667. The molecule has 1 aromatic heterocycles. The highest BCUT2D eigenvalue weighted by atomic mass is 19.1. The van der Waals surface area contributed by atoms with Crippen LogP contribution in [0.15, 0.2) is 16.9 Å². The number of fused-ring (bicyclic) bond motifs is 1. The van der Waals surface area contributed by atoms with Gasteiger partial charge in [0.1, 0.15) is 11.3 Å². The molecule has 8 heteroatoms. The number of aryl methyl sites for hydroxylation is 1. The minimum atomic E-state index is -1.76. The van der Waals surface area contributed by atoms with E-state index in [9.17, 15) is 19.2 Å². The maximum Gasteiger partial charge on any atom is 0.490 e. The molecule has 0 bridgehead atoms. The zero-order valence-electron chi connectivity index (χ0n) is 10.5. The summed E-state index contributed by atoms with van der Waals surface area (Å²) in [5, 5.41) is 21.6. The molecule has 0 amide bonds. The first-order valence-corrected chi connectivity index (χ1v) is 5.98. The van der Waals surface area contributed by atoms with E-state index >= 15 is 0 Å². The van der Waals surface area contributed by atoms with E-state index in [-0.39, 0.29) is 16.5 Å². The molecule has 0 spiro atoms. The van der Waals surface area contributed by atoms with Gasteiger partial charge >= 0.3 is 12.8 Å². The molecule has 1 aromatic carbocycles. The summed E-state index contributed by atoms with van der Waals surface area (Å²) in [6.45, 7) is 1.06. The molecule has 0 aliphatic heterocycles. The van der Waals surface area contributed by atoms with E-state index in [1.54, 1.807) is 7.05 Å². The number of aromatic amines is 1. The van der Waals surface area contributed by atoms with Crippen molar-refractivity contribution in [3.8, 4) is 0 Å². The summed E-state index contributed by atoms with van der Waals surface area (Å²) in [5.74, 6) is -0.594. The molecule has 0 aliphatic rings. The highest BCUT2D eigenvalue weighted by Crippen LogP contribution is 2.13. The lowest BCUT2D eigenvalue weighted by Crippen LogP contribution is -2.33. The normalized spacial score (nSPS) is 11.2. The number of nitrogens with zero attached hydrogens (tertiary/aromatic N) is 1. The third-order valence-corrected chi connectivity index (χ3v) is 2.99. The van der Waals surface area contributed by atoms with Crippen LogP contribution in [0.3, 0.4) is 0 Å². The van der Waals surface area contributed by atoms with Crippen molar-refractivity contribution in [2.24, 2.45) is 0 Å². The standard InChI is InChI=1S/C11H15BFN3O3/c1-14-5-2-6-16-10-7(12(18)19)3-4-8(13)9(10)15-11(16)17/h3-4,14,18-19H,2,5-6H2,1H3,(H,15,17). The second kappa shape index (κ2) is 5.56. The van der Waals surface area contributed by atoms with Crippen molar-refractivity contribution in [2.45, 2.75) is 13.0 Å². The molecule has 2 rings (SSSR count). The van der Waals surface area contributed by atoms with Crippen molar-refractivity contribution in [2.75, 3.05) is 13.6 Å². The first kappa shape index (κ1) is 13.8. The minimum absolute atomic E-state index is 0.0000534. The number of imidazole rings is 1. The highest BCUT2D eigenvalue weighted by Gasteiger charge is 2.21. The summed E-state index contributed by atoms with van der Waals surface area (Å²) < 4.78 is 15.0. The molecular formula is C11H15BFN3O3. The molecule has 4 N–H and O–H groups in total. The first-order chi connectivity index (χ1) is 9.06. The molecule has 0 aliphatic carbocycles. The molecule has 102 valence electrons. The number of benzene rings is 1. The second-order valence-corrected chi connectivity index (χ2v) is 4.27. The number of aromatic nitrogens is 2. The van der Waals surface area contributed by atoms with Crippen LogP contribution in [0.1, 0.15) is 6.42 Å².